The maximum atomic E-state index is 5.40. The number of aromatic nitrogens is 3. The summed E-state index contributed by atoms with van der Waals surface area (Å²) in [6.07, 6.45) is 1.87. The van der Waals surface area contributed by atoms with Gasteiger partial charge in [-0.25, -0.2) is 9.67 Å². The summed E-state index contributed by atoms with van der Waals surface area (Å²) in [5, 5.41) is 8.37. The summed E-state index contributed by atoms with van der Waals surface area (Å²) < 4.78 is 1.74. The first-order chi connectivity index (χ1) is 10.6. The summed E-state index contributed by atoms with van der Waals surface area (Å²) >= 11 is 0. The van der Waals surface area contributed by atoms with E-state index < -0.39 is 0 Å². The molecule has 3 rings (SSSR count). The van der Waals surface area contributed by atoms with E-state index in [1.54, 1.807) is 4.68 Å². The summed E-state index contributed by atoms with van der Waals surface area (Å²) in [4.78, 5) is 4.04. The molecule has 6 nitrogen and oxygen atoms in total. The molecule has 0 fully saturated rings. The monoisotopic (exact) mass is 292 g/mol. The van der Waals surface area contributed by atoms with E-state index in [1.807, 2.05) is 61.7 Å². The van der Waals surface area contributed by atoms with Crippen molar-refractivity contribution < 1.29 is 0 Å². The van der Waals surface area contributed by atoms with E-state index in [1.165, 1.54) is 5.56 Å². The van der Waals surface area contributed by atoms with Crippen LogP contribution in [0.25, 0.3) is 16.9 Å². The van der Waals surface area contributed by atoms with Crippen molar-refractivity contribution in [1.29, 1.82) is 0 Å². The average molecular weight is 292 g/mol. The van der Waals surface area contributed by atoms with Crippen molar-refractivity contribution in [2.24, 2.45) is 16.5 Å². The Morgan fingerprint density at radius 2 is 1.86 bits per heavy atom. The standard InChI is InChI=1S/C16H16N6/c1-11-5-7-14(8-6-11)22-10-15(20-21-22)12-3-2-4-13(9-12)19-16(17)18/h2-10H,1H3,(H4,17,18,19). The van der Waals surface area contributed by atoms with Crippen molar-refractivity contribution in [2.45, 2.75) is 6.92 Å². The first-order valence-electron chi connectivity index (χ1n) is 6.81. The molecule has 4 N–H and O–H groups in total. The second-order valence-corrected chi connectivity index (χ2v) is 4.97. The lowest BCUT2D eigenvalue weighted by Gasteiger charge is -2.00. The fourth-order valence-electron chi connectivity index (χ4n) is 2.10. The highest BCUT2D eigenvalue weighted by Gasteiger charge is 2.06. The molecule has 2 aromatic carbocycles. The molecule has 0 saturated carbocycles. The number of nitrogens with two attached hydrogens (primary N) is 2. The summed E-state index contributed by atoms with van der Waals surface area (Å²) in [6, 6.07) is 15.6. The van der Waals surface area contributed by atoms with E-state index in [2.05, 4.69) is 15.3 Å². The van der Waals surface area contributed by atoms with E-state index in [0.717, 1.165) is 16.9 Å². The molecule has 0 bridgehead atoms. The Labute approximate surface area is 128 Å². The van der Waals surface area contributed by atoms with Crippen LogP contribution in [0, 0.1) is 6.92 Å². The van der Waals surface area contributed by atoms with Crippen LogP contribution in [-0.4, -0.2) is 21.0 Å². The number of aryl methyl sites for hydroxylation is 1. The first kappa shape index (κ1) is 13.8. The Bertz CT molecular complexity index is 813. The van der Waals surface area contributed by atoms with Crippen molar-refractivity contribution in [1.82, 2.24) is 15.0 Å². The fraction of sp³-hybridized carbons (Fsp3) is 0.0625. The summed E-state index contributed by atoms with van der Waals surface area (Å²) in [5.41, 5.74) is 15.3. The van der Waals surface area contributed by atoms with E-state index >= 15 is 0 Å². The zero-order valence-electron chi connectivity index (χ0n) is 12.1. The molecular formula is C16H16N6. The Kier molecular flexibility index (Phi) is 3.57. The molecule has 0 radical (unpaired) electrons. The third-order valence-electron chi connectivity index (χ3n) is 3.19. The summed E-state index contributed by atoms with van der Waals surface area (Å²) in [7, 11) is 0. The lowest BCUT2D eigenvalue weighted by Crippen LogP contribution is -2.21. The predicted octanol–water partition coefficient (Wildman–Crippen LogP) is 2.15. The van der Waals surface area contributed by atoms with Gasteiger partial charge in [-0.1, -0.05) is 35.0 Å². The SMILES string of the molecule is Cc1ccc(-n2cc(-c3cccc(N=C(N)N)c3)nn2)cc1. The lowest BCUT2D eigenvalue weighted by atomic mass is 10.1. The van der Waals surface area contributed by atoms with E-state index in [-0.39, 0.29) is 5.96 Å². The Morgan fingerprint density at radius 1 is 1.09 bits per heavy atom. The van der Waals surface area contributed by atoms with Gasteiger partial charge in [-0.15, -0.1) is 5.10 Å². The second kappa shape index (κ2) is 5.69. The quantitative estimate of drug-likeness (QED) is 0.571. The second-order valence-electron chi connectivity index (χ2n) is 4.97. The van der Waals surface area contributed by atoms with Crippen LogP contribution in [0.15, 0.2) is 59.7 Å². The van der Waals surface area contributed by atoms with Gasteiger partial charge in [0.2, 0.25) is 0 Å². The number of hydrogen-bond donors (Lipinski definition) is 2. The topological polar surface area (TPSA) is 95.1 Å². The molecule has 110 valence electrons. The van der Waals surface area contributed by atoms with Gasteiger partial charge in [0, 0.05) is 5.56 Å². The Balaban J connectivity index is 1.94. The van der Waals surface area contributed by atoms with Gasteiger partial charge in [-0.05, 0) is 31.2 Å². The van der Waals surface area contributed by atoms with Gasteiger partial charge in [-0.2, -0.15) is 0 Å². The third-order valence-corrected chi connectivity index (χ3v) is 3.19. The molecule has 1 heterocycles. The van der Waals surface area contributed by atoms with Crippen LogP contribution in [0.2, 0.25) is 0 Å². The number of benzene rings is 2. The van der Waals surface area contributed by atoms with Crippen LogP contribution in [0.4, 0.5) is 5.69 Å². The molecule has 0 aliphatic rings. The number of guanidine groups is 1. The van der Waals surface area contributed by atoms with Crippen LogP contribution in [0.3, 0.4) is 0 Å². The maximum absolute atomic E-state index is 5.40. The minimum absolute atomic E-state index is 0.0282. The molecule has 0 saturated heterocycles. The average Bonchev–Trinajstić information content (AvgIpc) is 2.97. The van der Waals surface area contributed by atoms with Crippen molar-refractivity contribution in [3.05, 3.63) is 60.3 Å². The van der Waals surface area contributed by atoms with Crippen molar-refractivity contribution in [2.75, 3.05) is 0 Å². The molecule has 22 heavy (non-hydrogen) atoms. The number of nitrogens with zero attached hydrogens (tertiary/aromatic N) is 4. The highest BCUT2D eigenvalue weighted by atomic mass is 15.4. The molecule has 0 aliphatic carbocycles. The highest BCUT2D eigenvalue weighted by Crippen LogP contribution is 2.22. The minimum Gasteiger partial charge on any atom is -0.370 e. The van der Waals surface area contributed by atoms with Crippen LogP contribution < -0.4 is 11.5 Å². The number of hydrogen-bond acceptors (Lipinski definition) is 3. The number of rotatable bonds is 3. The summed E-state index contributed by atoms with van der Waals surface area (Å²) in [5.74, 6) is 0.0282. The van der Waals surface area contributed by atoms with Gasteiger partial charge in [-0.3, -0.25) is 0 Å². The minimum atomic E-state index is 0.0282. The zero-order chi connectivity index (χ0) is 15.5. The molecule has 0 aliphatic heterocycles. The fourth-order valence-corrected chi connectivity index (χ4v) is 2.10. The molecule has 6 heteroatoms. The molecular weight excluding hydrogens is 276 g/mol. The lowest BCUT2D eigenvalue weighted by molar-refractivity contribution is 0.803. The first-order valence-corrected chi connectivity index (χ1v) is 6.81. The number of aliphatic imine (C=N–C) groups is 1. The van der Waals surface area contributed by atoms with Crippen molar-refractivity contribution in [3.8, 4) is 16.9 Å². The molecule has 3 aromatic rings. The van der Waals surface area contributed by atoms with Crippen LogP contribution in [0.1, 0.15) is 5.56 Å². The van der Waals surface area contributed by atoms with Gasteiger partial charge in [0.25, 0.3) is 0 Å². The van der Waals surface area contributed by atoms with Gasteiger partial charge < -0.3 is 11.5 Å². The molecule has 0 unspecified atom stereocenters. The largest absolute Gasteiger partial charge is 0.370 e. The Morgan fingerprint density at radius 3 is 2.59 bits per heavy atom. The smallest absolute Gasteiger partial charge is 0.191 e. The molecule has 1 aromatic heterocycles. The van der Waals surface area contributed by atoms with E-state index in [9.17, 15) is 0 Å². The molecule has 0 atom stereocenters. The Hall–Kier alpha value is -3.15. The third kappa shape index (κ3) is 2.95. The van der Waals surface area contributed by atoms with E-state index in [4.69, 9.17) is 11.5 Å². The van der Waals surface area contributed by atoms with Crippen LogP contribution >= 0.6 is 0 Å². The van der Waals surface area contributed by atoms with Crippen molar-refractivity contribution in [3.63, 3.8) is 0 Å². The summed E-state index contributed by atoms with van der Waals surface area (Å²) in [6.45, 7) is 2.05. The molecule has 0 amide bonds. The zero-order valence-corrected chi connectivity index (χ0v) is 12.1. The molecule has 0 spiro atoms. The van der Waals surface area contributed by atoms with Gasteiger partial charge in [0.15, 0.2) is 5.96 Å². The van der Waals surface area contributed by atoms with Crippen LogP contribution in [0.5, 0.6) is 0 Å². The van der Waals surface area contributed by atoms with Gasteiger partial charge in [0.05, 0.1) is 17.6 Å². The highest BCUT2D eigenvalue weighted by molar-refractivity contribution is 5.79. The maximum Gasteiger partial charge on any atom is 0.191 e. The predicted molar refractivity (Wildman–Crippen MR) is 87.0 cm³/mol. The van der Waals surface area contributed by atoms with Gasteiger partial charge in [0.1, 0.15) is 5.69 Å². The van der Waals surface area contributed by atoms with E-state index in [0.29, 0.717) is 5.69 Å². The normalized spacial score (nSPS) is 10.4. The van der Waals surface area contributed by atoms with Crippen LogP contribution in [-0.2, 0) is 0 Å². The van der Waals surface area contributed by atoms with Crippen molar-refractivity contribution >= 4 is 11.6 Å². The van der Waals surface area contributed by atoms with Gasteiger partial charge >= 0.3 is 0 Å².